The highest BCUT2D eigenvalue weighted by Crippen LogP contribution is 2.25. The molecule has 1 aromatic carbocycles. The number of rotatable bonds is 6. The maximum absolute atomic E-state index is 11.2. The van der Waals surface area contributed by atoms with Gasteiger partial charge in [-0.2, -0.15) is 0 Å². The Hall–Kier alpha value is -1.81. The predicted octanol–water partition coefficient (Wildman–Crippen LogP) is 3.34. The van der Waals surface area contributed by atoms with Crippen LogP contribution in [-0.4, -0.2) is 24.0 Å². The molecule has 0 saturated carbocycles. The molecule has 1 aliphatic rings. The molecule has 4 heteroatoms. The third-order valence-electron chi connectivity index (χ3n) is 3.39. The first-order chi connectivity index (χ1) is 9.70. The summed E-state index contributed by atoms with van der Waals surface area (Å²) in [7, 11) is 0. The Labute approximate surface area is 119 Å². The molecule has 0 amide bonds. The van der Waals surface area contributed by atoms with Crippen LogP contribution in [0.1, 0.15) is 37.2 Å². The Morgan fingerprint density at radius 1 is 1.45 bits per heavy atom. The van der Waals surface area contributed by atoms with Crippen molar-refractivity contribution < 1.29 is 19.4 Å². The highest BCUT2D eigenvalue weighted by molar-refractivity contribution is 5.76. The number of allylic oxidation sites excluding steroid dienone is 1. The molecule has 1 saturated heterocycles. The van der Waals surface area contributed by atoms with E-state index in [1.807, 2.05) is 0 Å². The SMILES string of the molecule is C=CCC(C(=O)O)c1ccc(OC2CCCCO2)cc1. The minimum absolute atomic E-state index is 0.182. The molecule has 0 aromatic heterocycles. The molecule has 0 aliphatic carbocycles. The number of aliphatic carboxylic acids is 1. The van der Waals surface area contributed by atoms with Crippen LogP contribution < -0.4 is 4.74 Å². The van der Waals surface area contributed by atoms with E-state index in [1.54, 1.807) is 30.3 Å². The average Bonchev–Trinajstić information content (AvgIpc) is 2.47. The van der Waals surface area contributed by atoms with Gasteiger partial charge in [-0.05, 0) is 37.0 Å². The number of ether oxygens (including phenoxy) is 2. The molecule has 4 nitrogen and oxygen atoms in total. The number of benzene rings is 1. The molecular formula is C16H20O4. The molecule has 2 unspecified atom stereocenters. The summed E-state index contributed by atoms with van der Waals surface area (Å²) < 4.78 is 11.2. The average molecular weight is 276 g/mol. The van der Waals surface area contributed by atoms with Gasteiger partial charge < -0.3 is 14.6 Å². The molecule has 1 aromatic rings. The first-order valence-corrected chi connectivity index (χ1v) is 6.92. The molecule has 108 valence electrons. The van der Waals surface area contributed by atoms with Crippen LogP contribution >= 0.6 is 0 Å². The van der Waals surface area contributed by atoms with E-state index in [-0.39, 0.29) is 6.29 Å². The van der Waals surface area contributed by atoms with Gasteiger partial charge in [0.05, 0.1) is 12.5 Å². The number of hydrogen-bond donors (Lipinski definition) is 1. The molecule has 1 N–H and O–H groups in total. The Balaban J connectivity index is 2.00. The summed E-state index contributed by atoms with van der Waals surface area (Å²) >= 11 is 0. The molecule has 1 fully saturated rings. The zero-order valence-electron chi connectivity index (χ0n) is 11.5. The van der Waals surface area contributed by atoms with E-state index >= 15 is 0 Å². The lowest BCUT2D eigenvalue weighted by Crippen LogP contribution is -2.24. The maximum Gasteiger partial charge on any atom is 0.311 e. The van der Waals surface area contributed by atoms with Crippen molar-refractivity contribution >= 4 is 5.97 Å². The van der Waals surface area contributed by atoms with Crippen molar-refractivity contribution in [1.82, 2.24) is 0 Å². The zero-order valence-corrected chi connectivity index (χ0v) is 11.5. The fourth-order valence-corrected chi connectivity index (χ4v) is 2.28. The van der Waals surface area contributed by atoms with Gasteiger partial charge in [0.1, 0.15) is 5.75 Å². The van der Waals surface area contributed by atoms with Gasteiger partial charge in [-0.25, -0.2) is 0 Å². The summed E-state index contributed by atoms with van der Waals surface area (Å²) in [6.07, 6.45) is 4.96. The van der Waals surface area contributed by atoms with E-state index in [2.05, 4.69) is 6.58 Å². The number of carboxylic acids is 1. The molecule has 2 rings (SSSR count). The molecule has 0 spiro atoms. The van der Waals surface area contributed by atoms with Crippen molar-refractivity contribution in [3.63, 3.8) is 0 Å². The third-order valence-corrected chi connectivity index (χ3v) is 3.39. The molecule has 1 aliphatic heterocycles. The van der Waals surface area contributed by atoms with Gasteiger partial charge in [0, 0.05) is 6.42 Å². The molecule has 1 heterocycles. The van der Waals surface area contributed by atoms with Gasteiger partial charge in [0.15, 0.2) is 6.29 Å². The number of carbonyl (C=O) groups is 1. The van der Waals surface area contributed by atoms with Crippen LogP contribution in [0.15, 0.2) is 36.9 Å². The fraction of sp³-hybridized carbons (Fsp3) is 0.438. The summed E-state index contributed by atoms with van der Waals surface area (Å²) in [6.45, 7) is 4.34. The maximum atomic E-state index is 11.2. The van der Waals surface area contributed by atoms with Crippen LogP contribution in [0.3, 0.4) is 0 Å². The Kier molecular flexibility index (Phi) is 5.18. The smallest absolute Gasteiger partial charge is 0.311 e. The van der Waals surface area contributed by atoms with E-state index < -0.39 is 11.9 Å². The van der Waals surface area contributed by atoms with Crippen LogP contribution in [0.25, 0.3) is 0 Å². The van der Waals surface area contributed by atoms with Crippen LogP contribution in [0.2, 0.25) is 0 Å². The van der Waals surface area contributed by atoms with Gasteiger partial charge in [-0.15, -0.1) is 6.58 Å². The Bertz CT molecular complexity index is 446. The van der Waals surface area contributed by atoms with Gasteiger partial charge in [-0.3, -0.25) is 4.79 Å². The summed E-state index contributed by atoms with van der Waals surface area (Å²) in [5.74, 6) is -0.676. The van der Waals surface area contributed by atoms with Gasteiger partial charge in [0.2, 0.25) is 0 Å². The number of hydrogen-bond acceptors (Lipinski definition) is 3. The third kappa shape index (κ3) is 3.84. The second kappa shape index (κ2) is 7.10. The summed E-state index contributed by atoms with van der Waals surface area (Å²) in [4.78, 5) is 11.2. The molecule has 20 heavy (non-hydrogen) atoms. The molecule has 2 atom stereocenters. The molecule has 0 bridgehead atoms. The first kappa shape index (κ1) is 14.6. The zero-order chi connectivity index (χ0) is 14.4. The van der Waals surface area contributed by atoms with Gasteiger partial charge in [-0.1, -0.05) is 18.2 Å². The lowest BCUT2D eigenvalue weighted by Gasteiger charge is -2.23. The van der Waals surface area contributed by atoms with E-state index in [0.29, 0.717) is 12.2 Å². The summed E-state index contributed by atoms with van der Waals surface area (Å²) in [5.41, 5.74) is 0.759. The van der Waals surface area contributed by atoms with Crippen LogP contribution in [0.4, 0.5) is 0 Å². The lowest BCUT2D eigenvalue weighted by atomic mass is 9.96. The van der Waals surface area contributed by atoms with Crippen molar-refractivity contribution in [3.05, 3.63) is 42.5 Å². The van der Waals surface area contributed by atoms with Crippen molar-refractivity contribution in [2.45, 2.75) is 37.9 Å². The minimum atomic E-state index is -0.839. The van der Waals surface area contributed by atoms with Crippen LogP contribution in [0.5, 0.6) is 5.75 Å². The topological polar surface area (TPSA) is 55.8 Å². The summed E-state index contributed by atoms with van der Waals surface area (Å²) in [5, 5.41) is 9.19. The van der Waals surface area contributed by atoms with E-state index in [1.165, 1.54) is 0 Å². The Morgan fingerprint density at radius 3 is 2.75 bits per heavy atom. The fourth-order valence-electron chi connectivity index (χ4n) is 2.28. The molecular weight excluding hydrogens is 256 g/mol. The quantitative estimate of drug-likeness (QED) is 0.810. The van der Waals surface area contributed by atoms with Gasteiger partial charge in [0.25, 0.3) is 0 Å². The second-order valence-electron chi connectivity index (χ2n) is 4.90. The highest BCUT2D eigenvalue weighted by atomic mass is 16.7. The second-order valence-corrected chi connectivity index (χ2v) is 4.90. The normalized spacial score (nSPS) is 20.1. The van der Waals surface area contributed by atoms with E-state index in [0.717, 1.165) is 31.4 Å². The van der Waals surface area contributed by atoms with E-state index in [9.17, 15) is 9.90 Å². The first-order valence-electron chi connectivity index (χ1n) is 6.92. The monoisotopic (exact) mass is 276 g/mol. The van der Waals surface area contributed by atoms with E-state index in [4.69, 9.17) is 9.47 Å². The highest BCUT2D eigenvalue weighted by Gasteiger charge is 2.19. The Morgan fingerprint density at radius 2 is 2.20 bits per heavy atom. The van der Waals surface area contributed by atoms with Crippen LogP contribution in [-0.2, 0) is 9.53 Å². The van der Waals surface area contributed by atoms with Crippen molar-refractivity contribution in [1.29, 1.82) is 0 Å². The van der Waals surface area contributed by atoms with Crippen molar-refractivity contribution in [2.75, 3.05) is 6.61 Å². The summed E-state index contributed by atoms with van der Waals surface area (Å²) in [6, 6.07) is 7.18. The van der Waals surface area contributed by atoms with Crippen molar-refractivity contribution in [2.24, 2.45) is 0 Å². The largest absolute Gasteiger partial charge is 0.481 e. The molecule has 0 radical (unpaired) electrons. The van der Waals surface area contributed by atoms with Crippen LogP contribution in [0, 0.1) is 0 Å². The predicted molar refractivity (Wildman–Crippen MR) is 75.9 cm³/mol. The number of carboxylic acid groups (broad SMARTS) is 1. The minimum Gasteiger partial charge on any atom is -0.481 e. The van der Waals surface area contributed by atoms with Crippen molar-refractivity contribution in [3.8, 4) is 5.75 Å². The standard InChI is InChI=1S/C16H20O4/c1-2-5-14(16(17)18)12-7-9-13(10-8-12)20-15-6-3-4-11-19-15/h2,7-10,14-15H,1,3-6,11H2,(H,17,18). The van der Waals surface area contributed by atoms with Gasteiger partial charge >= 0.3 is 5.97 Å². The lowest BCUT2D eigenvalue weighted by molar-refractivity contribution is -0.138.